The van der Waals surface area contributed by atoms with E-state index in [1.54, 1.807) is 19.1 Å². The summed E-state index contributed by atoms with van der Waals surface area (Å²) in [4.78, 5) is 23.6. The molecule has 4 nitrogen and oxygen atoms in total. The molecule has 2 rings (SSSR count). The highest BCUT2D eigenvalue weighted by Crippen LogP contribution is 2.29. The third-order valence-corrected chi connectivity index (χ3v) is 3.25. The first-order valence-electron chi connectivity index (χ1n) is 6.58. The van der Waals surface area contributed by atoms with Gasteiger partial charge in [-0.3, -0.25) is 9.59 Å². The van der Waals surface area contributed by atoms with Crippen LogP contribution in [0.4, 0.5) is 18.9 Å². The maximum absolute atomic E-state index is 12.5. The van der Waals surface area contributed by atoms with Crippen molar-refractivity contribution in [2.75, 3.05) is 5.32 Å². The van der Waals surface area contributed by atoms with E-state index in [4.69, 9.17) is 5.73 Å². The summed E-state index contributed by atoms with van der Waals surface area (Å²) in [6.07, 6.45) is -4.47. The number of halogens is 3. The number of anilines is 1. The molecule has 0 aromatic heterocycles. The molecule has 0 spiro atoms. The predicted molar refractivity (Wildman–Crippen MR) is 79.1 cm³/mol. The van der Waals surface area contributed by atoms with E-state index in [0.717, 1.165) is 24.3 Å². The van der Waals surface area contributed by atoms with E-state index in [9.17, 15) is 22.8 Å². The number of alkyl halides is 3. The van der Waals surface area contributed by atoms with Crippen molar-refractivity contribution in [1.82, 2.24) is 0 Å². The summed E-state index contributed by atoms with van der Waals surface area (Å²) in [7, 11) is 0. The molecule has 0 atom stereocenters. The molecule has 0 fully saturated rings. The Hall–Kier alpha value is -2.83. The Labute approximate surface area is 130 Å². The van der Waals surface area contributed by atoms with E-state index in [0.29, 0.717) is 5.56 Å². The van der Waals surface area contributed by atoms with Crippen molar-refractivity contribution in [1.29, 1.82) is 0 Å². The molecular formula is C16H13F3N2O2. The minimum absolute atomic E-state index is 0.0386. The predicted octanol–water partition coefficient (Wildman–Crippen LogP) is 3.37. The molecule has 0 unspecified atom stereocenters. The van der Waals surface area contributed by atoms with Crippen LogP contribution in [0.15, 0.2) is 42.5 Å². The topological polar surface area (TPSA) is 72.2 Å². The Morgan fingerprint density at radius 2 is 1.65 bits per heavy atom. The van der Waals surface area contributed by atoms with Gasteiger partial charge in [-0.05, 0) is 42.8 Å². The van der Waals surface area contributed by atoms with Gasteiger partial charge < -0.3 is 11.1 Å². The van der Waals surface area contributed by atoms with Gasteiger partial charge in [-0.15, -0.1) is 0 Å². The quantitative estimate of drug-likeness (QED) is 0.909. The van der Waals surface area contributed by atoms with Gasteiger partial charge in [0.15, 0.2) is 0 Å². The number of primary amides is 1. The highest BCUT2D eigenvalue weighted by Gasteiger charge is 2.30. The van der Waals surface area contributed by atoms with Crippen molar-refractivity contribution in [3.63, 3.8) is 0 Å². The Bertz CT molecular complexity index is 753. The van der Waals surface area contributed by atoms with Gasteiger partial charge in [0.2, 0.25) is 0 Å². The number of nitrogens with one attached hydrogen (secondary N) is 1. The van der Waals surface area contributed by atoms with Crippen LogP contribution in [0.25, 0.3) is 0 Å². The molecule has 0 radical (unpaired) electrons. The molecule has 2 aromatic rings. The van der Waals surface area contributed by atoms with Crippen molar-refractivity contribution in [3.05, 3.63) is 64.7 Å². The number of aryl methyl sites for hydroxylation is 1. The Morgan fingerprint density at radius 3 is 2.17 bits per heavy atom. The SMILES string of the molecule is Cc1cccc(C(N)=O)c1NC(=O)c1ccc(C(F)(F)F)cc1. The molecule has 23 heavy (non-hydrogen) atoms. The lowest BCUT2D eigenvalue weighted by Crippen LogP contribution is -2.19. The van der Waals surface area contributed by atoms with Crippen LogP contribution in [0.2, 0.25) is 0 Å². The first-order chi connectivity index (χ1) is 10.7. The minimum Gasteiger partial charge on any atom is -0.366 e. The molecule has 120 valence electrons. The van der Waals surface area contributed by atoms with Crippen molar-refractivity contribution in [2.45, 2.75) is 13.1 Å². The van der Waals surface area contributed by atoms with Crippen molar-refractivity contribution >= 4 is 17.5 Å². The summed E-state index contributed by atoms with van der Waals surface area (Å²) in [5, 5.41) is 2.51. The number of para-hydroxylation sites is 1. The van der Waals surface area contributed by atoms with E-state index >= 15 is 0 Å². The molecule has 0 aliphatic carbocycles. The van der Waals surface area contributed by atoms with Crippen LogP contribution in [-0.2, 0) is 6.18 Å². The highest BCUT2D eigenvalue weighted by molar-refractivity contribution is 6.09. The largest absolute Gasteiger partial charge is 0.416 e. The zero-order valence-electron chi connectivity index (χ0n) is 12.1. The fourth-order valence-electron chi connectivity index (χ4n) is 2.04. The van der Waals surface area contributed by atoms with E-state index in [1.807, 2.05) is 0 Å². The average molecular weight is 322 g/mol. The number of hydrogen-bond donors (Lipinski definition) is 2. The summed E-state index contributed by atoms with van der Waals surface area (Å²) in [5.41, 5.74) is 5.43. The summed E-state index contributed by atoms with van der Waals surface area (Å²) in [6.45, 7) is 1.68. The molecule has 7 heteroatoms. The van der Waals surface area contributed by atoms with Crippen molar-refractivity contribution in [3.8, 4) is 0 Å². The van der Waals surface area contributed by atoms with Crippen LogP contribution in [0.5, 0.6) is 0 Å². The van der Waals surface area contributed by atoms with E-state index in [1.165, 1.54) is 6.07 Å². The third kappa shape index (κ3) is 3.68. The van der Waals surface area contributed by atoms with Gasteiger partial charge in [0.25, 0.3) is 11.8 Å². The zero-order valence-corrected chi connectivity index (χ0v) is 12.1. The number of hydrogen-bond acceptors (Lipinski definition) is 2. The number of carbonyl (C=O) groups is 2. The number of amides is 2. The molecule has 2 aromatic carbocycles. The maximum Gasteiger partial charge on any atom is 0.416 e. The fourth-order valence-corrected chi connectivity index (χ4v) is 2.04. The molecule has 0 aliphatic rings. The molecule has 2 amide bonds. The summed E-state index contributed by atoms with van der Waals surface area (Å²) in [5.74, 6) is -1.34. The lowest BCUT2D eigenvalue weighted by Gasteiger charge is -2.12. The van der Waals surface area contributed by atoms with Gasteiger partial charge in [0, 0.05) is 5.56 Å². The third-order valence-electron chi connectivity index (χ3n) is 3.25. The number of nitrogens with two attached hydrogens (primary N) is 1. The second-order valence-electron chi connectivity index (χ2n) is 4.89. The lowest BCUT2D eigenvalue weighted by atomic mass is 10.1. The van der Waals surface area contributed by atoms with Gasteiger partial charge in [-0.2, -0.15) is 13.2 Å². The van der Waals surface area contributed by atoms with Gasteiger partial charge in [0.1, 0.15) is 0 Å². The summed E-state index contributed by atoms with van der Waals surface area (Å²) in [6, 6.07) is 8.53. The Balaban J connectivity index is 2.28. The monoisotopic (exact) mass is 322 g/mol. The second-order valence-corrected chi connectivity index (χ2v) is 4.89. The Kier molecular flexibility index (Phi) is 4.40. The molecule has 3 N–H and O–H groups in total. The summed E-state index contributed by atoms with van der Waals surface area (Å²) < 4.78 is 37.5. The standard InChI is InChI=1S/C16H13F3N2O2/c1-9-3-2-4-12(14(20)22)13(9)21-15(23)10-5-7-11(8-6-10)16(17,18)19/h2-8H,1H3,(H2,20,22)(H,21,23). The van der Waals surface area contributed by atoms with Crippen LogP contribution < -0.4 is 11.1 Å². The normalized spacial score (nSPS) is 11.1. The second kappa shape index (κ2) is 6.12. The number of rotatable bonds is 3. The lowest BCUT2D eigenvalue weighted by molar-refractivity contribution is -0.137. The number of benzene rings is 2. The first kappa shape index (κ1) is 16.5. The molecule has 0 bridgehead atoms. The van der Waals surface area contributed by atoms with Crippen molar-refractivity contribution in [2.24, 2.45) is 5.73 Å². The molecule has 0 aliphatic heterocycles. The fraction of sp³-hybridized carbons (Fsp3) is 0.125. The average Bonchev–Trinajstić information content (AvgIpc) is 2.48. The van der Waals surface area contributed by atoms with Crippen LogP contribution in [0, 0.1) is 6.92 Å². The van der Waals surface area contributed by atoms with Crippen LogP contribution in [0.3, 0.4) is 0 Å². The van der Waals surface area contributed by atoms with Crippen LogP contribution >= 0.6 is 0 Å². The molecule has 0 saturated carbocycles. The van der Waals surface area contributed by atoms with Gasteiger partial charge in [-0.25, -0.2) is 0 Å². The van der Waals surface area contributed by atoms with Gasteiger partial charge in [0.05, 0.1) is 16.8 Å². The van der Waals surface area contributed by atoms with Gasteiger partial charge in [-0.1, -0.05) is 12.1 Å². The van der Waals surface area contributed by atoms with E-state index in [-0.39, 0.29) is 16.8 Å². The highest BCUT2D eigenvalue weighted by atomic mass is 19.4. The smallest absolute Gasteiger partial charge is 0.366 e. The maximum atomic E-state index is 12.5. The van der Waals surface area contributed by atoms with E-state index in [2.05, 4.69) is 5.32 Å². The zero-order chi connectivity index (χ0) is 17.2. The van der Waals surface area contributed by atoms with Crippen LogP contribution in [0.1, 0.15) is 31.8 Å². The van der Waals surface area contributed by atoms with Crippen molar-refractivity contribution < 1.29 is 22.8 Å². The summed E-state index contributed by atoms with van der Waals surface area (Å²) >= 11 is 0. The van der Waals surface area contributed by atoms with Crippen LogP contribution in [-0.4, -0.2) is 11.8 Å². The molecular weight excluding hydrogens is 309 g/mol. The number of carbonyl (C=O) groups excluding carboxylic acids is 2. The first-order valence-corrected chi connectivity index (χ1v) is 6.58. The molecule has 0 heterocycles. The van der Waals surface area contributed by atoms with E-state index < -0.39 is 23.6 Å². The molecule has 0 saturated heterocycles. The van der Waals surface area contributed by atoms with Gasteiger partial charge >= 0.3 is 6.18 Å². The Morgan fingerprint density at radius 1 is 1.04 bits per heavy atom. The minimum atomic E-state index is -4.47.